The molecule has 150 valence electrons. The zero-order valence-electron chi connectivity index (χ0n) is 15.7. The van der Waals surface area contributed by atoms with Gasteiger partial charge >= 0.3 is 0 Å². The first-order valence-corrected chi connectivity index (χ1v) is 10.4. The second kappa shape index (κ2) is 9.38. The van der Waals surface area contributed by atoms with Crippen molar-refractivity contribution in [1.82, 2.24) is 20.2 Å². The highest BCUT2D eigenvalue weighted by atomic mass is 35.5. The first-order valence-electron chi connectivity index (χ1n) is 9.07. The van der Waals surface area contributed by atoms with Gasteiger partial charge in [-0.1, -0.05) is 23.4 Å². The lowest BCUT2D eigenvalue weighted by atomic mass is 10.0. The third-order valence-corrected chi connectivity index (χ3v) is 5.58. The second-order valence-corrected chi connectivity index (χ2v) is 8.20. The lowest BCUT2D eigenvalue weighted by molar-refractivity contribution is -0.169. The van der Waals surface area contributed by atoms with Gasteiger partial charge in [-0.05, 0) is 14.1 Å². The van der Waals surface area contributed by atoms with Crippen LogP contribution in [0.15, 0.2) is 11.2 Å². The van der Waals surface area contributed by atoms with Gasteiger partial charge in [-0.3, -0.25) is 4.79 Å². The topological polar surface area (TPSA) is 79.8 Å². The van der Waals surface area contributed by atoms with E-state index in [1.807, 2.05) is 19.0 Å². The van der Waals surface area contributed by atoms with Gasteiger partial charge in [0.05, 0.1) is 19.0 Å². The van der Waals surface area contributed by atoms with Crippen LogP contribution < -0.4 is 10.2 Å². The van der Waals surface area contributed by atoms with Crippen molar-refractivity contribution in [1.29, 1.82) is 0 Å². The number of thioether (sulfide) groups is 1. The number of likely N-dealkylation sites (N-methyl/N-ethyl adjacent to an activating group) is 1. The average molecular weight is 416 g/mol. The van der Waals surface area contributed by atoms with E-state index in [1.54, 1.807) is 6.07 Å². The maximum atomic E-state index is 11.9. The lowest BCUT2D eigenvalue weighted by Gasteiger charge is -2.38. The second-order valence-electron chi connectivity index (χ2n) is 6.87. The number of piperidine rings is 1. The average Bonchev–Trinajstić information content (AvgIpc) is 3.08. The summed E-state index contributed by atoms with van der Waals surface area (Å²) in [4.78, 5) is 24.9. The number of rotatable bonds is 7. The minimum Gasteiger partial charge on any atom is -0.356 e. The molecule has 2 fully saturated rings. The lowest BCUT2D eigenvalue weighted by Crippen LogP contribution is -2.45. The number of anilines is 1. The number of aromatic nitrogens is 2. The number of hydrogen-bond donors (Lipinski definition) is 1. The Morgan fingerprint density at radius 3 is 2.70 bits per heavy atom. The van der Waals surface area contributed by atoms with Gasteiger partial charge in [0.15, 0.2) is 10.9 Å². The van der Waals surface area contributed by atoms with Gasteiger partial charge in [0, 0.05) is 45.1 Å². The quantitative estimate of drug-likeness (QED) is 0.405. The summed E-state index contributed by atoms with van der Waals surface area (Å²) in [5.74, 6) is 0.578. The predicted molar refractivity (Wildman–Crippen MR) is 105 cm³/mol. The van der Waals surface area contributed by atoms with E-state index in [4.69, 9.17) is 21.1 Å². The molecule has 10 heteroatoms. The summed E-state index contributed by atoms with van der Waals surface area (Å²) in [6.45, 7) is 4.31. The first-order chi connectivity index (χ1) is 13.0. The number of carbonyl (C=O) groups excluding carboxylic acids is 1. The molecule has 1 amide bonds. The molecule has 0 radical (unpaired) electrons. The van der Waals surface area contributed by atoms with E-state index < -0.39 is 5.79 Å². The van der Waals surface area contributed by atoms with E-state index in [0.717, 1.165) is 38.3 Å². The third-order valence-electron chi connectivity index (χ3n) is 4.54. The van der Waals surface area contributed by atoms with Gasteiger partial charge in [0.25, 0.3) is 0 Å². The van der Waals surface area contributed by atoms with Crippen molar-refractivity contribution in [3.05, 3.63) is 11.2 Å². The van der Waals surface area contributed by atoms with Gasteiger partial charge in [-0.2, -0.15) is 0 Å². The van der Waals surface area contributed by atoms with E-state index >= 15 is 0 Å². The molecule has 8 nitrogen and oxygen atoms in total. The zero-order chi connectivity index (χ0) is 19.3. The highest BCUT2D eigenvalue weighted by molar-refractivity contribution is 7.99. The Bertz CT molecular complexity index is 647. The molecule has 1 spiro atoms. The molecule has 0 atom stereocenters. The molecule has 0 unspecified atom stereocenters. The van der Waals surface area contributed by atoms with Crippen LogP contribution in [0, 0.1) is 0 Å². The van der Waals surface area contributed by atoms with Gasteiger partial charge in [-0.15, -0.1) is 0 Å². The van der Waals surface area contributed by atoms with Crippen LogP contribution in [-0.2, 0) is 14.3 Å². The smallest absolute Gasteiger partial charge is 0.230 e. The van der Waals surface area contributed by atoms with Crippen molar-refractivity contribution in [2.45, 2.75) is 23.8 Å². The highest BCUT2D eigenvalue weighted by Crippen LogP contribution is 2.33. The molecule has 2 aliphatic rings. The van der Waals surface area contributed by atoms with Crippen LogP contribution in [0.2, 0.25) is 5.15 Å². The number of halogens is 1. The molecule has 3 rings (SSSR count). The molecule has 2 saturated heterocycles. The Balaban J connectivity index is 1.52. The van der Waals surface area contributed by atoms with Crippen LogP contribution in [-0.4, -0.2) is 85.8 Å². The molecule has 2 aliphatic heterocycles. The minimum atomic E-state index is -0.421. The Morgan fingerprint density at radius 1 is 1.33 bits per heavy atom. The summed E-state index contributed by atoms with van der Waals surface area (Å²) in [6, 6.07) is 1.76. The summed E-state index contributed by atoms with van der Waals surface area (Å²) in [5.41, 5.74) is 0. The van der Waals surface area contributed by atoms with Crippen LogP contribution in [0.5, 0.6) is 0 Å². The van der Waals surface area contributed by atoms with Crippen molar-refractivity contribution in [2.24, 2.45) is 0 Å². The summed E-state index contributed by atoms with van der Waals surface area (Å²) in [7, 11) is 3.94. The van der Waals surface area contributed by atoms with E-state index in [0.29, 0.717) is 30.1 Å². The van der Waals surface area contributed by atoms with Crippen LogP contribution in [0.4, 0.5) is 5.82 Å². The van der Waals surface area contributed by atoms with E-state index in [-0.39, 0.29) is 11.7 Å². The monoisotopic (exact) mass is 415 g/mol. The SMILES string of the molecule is CN(C)CCNC(=O)CSc1nc(Cl)cc(N2CCC3(CC2)OCCO3)n1. The van der Waals surface area contributed by atoms with Gasteiger partial charge in [0.2, 0.25) is 5.91 Å². The Labute approximate surface area is 168 Å². The van der Waals surface area contributed by atoms with E-state index in [1.165, 1.54) is 11.8 Å². The number of nitrogens with zero attached hydrogens (tertiary/aromatic N) is 4. The summed E-state index contributed by atoms with van der Waals surface area (Å²) >= 11 is 7.47. The van der Waals surface area contributed by atoms with Gasteiger partial charge < -0.3 is 24.6 Å². The Hall–Kier alpha value is -1.13. The van der Waals surface area contributed by atoms with Crippen molar-refractivity contribution < 1.29 is 14.3 Å². The molecule has 0 aromatic carbocycles. The van der Waals surface area contributed by atoms with Gasteiger partial charge in [0.1, 0.15) is 11.0 Å². The molecule has 27 heavy (non-hydrogen) atoms. The van der Waals surface area contributed by atoms with Crippen LogP contribution in [0.1, 0.15) is 12.8 Å². The maximum Gasteiger partial charge on any atom is 0.230 e. The number of hydrogen-bond acceptors (Lipinski definition) is 8. The molecule has 1 aromatic rings. The van der Waals surface area contributed by atoms with Crippen LogP contribution in [0.25, 0.3) is 0 Å². The van der Waals surface area contributed by atoms with Crippen molar-refractivity contribution in [3.8, 4) is 0 Å². The standard InChI is InChI=1S/C17H26ClN5O3S/c1-22(2)8-5-19-15(24)12-27-16-20-13(18)11-14(21-16)23-6-3-17(4-7-23)25-9-10-26-17/h11H,3-10,12H2,1-2H3,(H,19,24). The molecule has 3 heterocycles. The molecule has 0 aliphatic carbocycles. The Kier molecular flexibility index (Phi) is 7.16. The third kappa shape index (κ3) is 5.92. The van der Waals surface area contributed by atoms with Crippen LogP contribution in [0.3, 0.4) is 0 Å². The fourth-order valence-corrected chi connectivity index (χ4v) is 3.99. The molecule has 0 saturated carbocycles. The highest BCUT2D eigenvalue weighted by Gasteiger charge is 2.40. The number of amides is 1. The maximum absolute atomic E-state index is 11.9. The minimum absolute atomic E-state index is 0.0394. The van der Waals surface area contributed by atoms with E-state index in [2.05, 4.69) is 20.2 Å². The molecule has 0 bridgehead atoms. The normalized spacial score (nSPS) is 19.0. The fraction of sp³-hybridized carbons (Fsp3) is 0.706. The van der Waals surface area contributed by atoms with E-state index in [9.17, 15) is 4.79 Å². The number of carbonyl (C=O) groups is 1. The molecule has 1 aromatic heterocycles. The molecular formula is C17H26ClN5O3S. The Morgan fingerprint density at radius 2 is 2.04 bits per heavy atom. The van der Waals surface area contributed by atoms with Crippen LogP contribution >= 0.6 is 23.4 Å². The van der Waals surface area contributed by atoms with Crippen molar-refractivity contribution >= 4 is 35.1 Å². The zero-order valence-corrected chi connectivity index (χ0v) is 17.3. The predicted octanol–water partition coefficient (Wildman–Crippen LogP) is 1.24. The van der Waals surface area contributed by atoms with Crippen molar-refractivity contribution in [3.63, 3.8) is 0 Å². The summed E-state index contributed by atoms with van der Waals surface area (Å²) < 4.78 is 11.5. The number of nitrogens with one attached hydrogen (secondary N) is 1. The fourth-order valence-electron chi connectivity index (χ4n) is 3.07. The summed E-state index contributed by atoms with van der Waals surface area (Å²) in [5, 5.41) is 3.76. The number of ether oxygens (including phenoxy) is 2. The largest absolute Gasteiger partial charge is 0.356 e. The molecular weight excluding hydrogens is 390 g/mol. The first kappa shape index (κ1) is 20.6. The van der Waals surface area contributed by atoms with Gasteiger partial charge in [-0.25, -0.2) is 9.97 Å². The summed E-state index contributed by atoms with van der Waals surface area (Å²) in [6.07, 6.45) is 1.59. The van der Waals surface area contributed by atoms with Crippen molar-refractivity contribution in [2.75, 3.05) is 64.1 Å². The molecule has 1 N–H and O–H groups in total.